The minimum absolute atomic E-state index is 0.713. The summed E-state index contributed by atoms with van der Waals surface area (Å²) in [5.41, 5.74) is 1.33. The van der Waals surface area contributed by atoms with Gasteiger partial charge >= 0.3 is 0 Å². The van der Waals surface area contributed by atoms with Crippen LogP contribution in [0.3, 0.4) is 0 Å². The molecule has 0 unspecified atom stereocenters. The fourth-order valence-corrected chi connectivity index (χ4v) is 15.9. The van der Waals surface area contributed by atoms with Crippen molar-refractivity contribution in [2.24, 2.45) is 0 Å². The molecule has 0 fully saturated rings. The number of aromatic nitrogens is 1. The highest BCUT2D eigenvalue weighted by atomic mass is 28.4. The van der Waals surface area contributed by atoms with Gasteiger partial charge in [-0.25, -0.2) is 0 Å². The summed E-state index contributed by atoms with van der Waals surface area (Å²) < 4.78 is 0. The van der Waals surface area contributed by atoms with Crippen molar-refractivity contribution in [3.8, 4) is 0 Å². The molecule has 2 rings (SSSR count). The predicted octanol–water partition coefficient (Wildman–Crippen LogP) is 5.07. The van der Waals surface area contributed by atoms with E-state index in [1.807, 2.05) is 0 Å². The van der Waals surface area contributed by atoms with Crippen LogP contribution < -0.4 is 0 Å². The molecular weight excluding hydrogens is 262 g/mol. The Labute approximate surface area is 119 Å². The van der Waals surface area contributed by atoms with Crippen LogP contribution in [0.25, 0.3) is 10.8 Å². The first kappa shape index (κ1) is 14.5. The smallest absolute Gasteiger partial charge is 0.0513 e. The normalized spacial score (nSPS) is 13.2. The first-order valence-electron chi connectivity index (χ1n) is 7.04. The molecule has 0 bridgehead atoms. The average Bonchev–Trinajstić information content (AvgIpc) is 2.25. The Morgan fingerprint density at radius 2 is 1.37 bits per heavy atom. The Morgan fingerprint density at radius 3 is 1.89 bits per heavy atom. The molecule has 0 atom stereocenters. The Balaban J connectivity index is 2.57. The van der Waals surface area contributed by atoms with E-state index in [-0.39, 0.29) is 0 Å². The van der Waals surface area contributed by atoms with Gasteiger partial charge in [0.15, 0.2) is 0 Å². The van der Waals surface area contributed by atoms with Crippen LogP contribution in [0.2, 0.25) is 39.3 Å². The average molecular weight is 288 g/mol. The zero-order valence-corrected chi connectivity index (χ0v) is 15.0. The van der Waals surface area contributed by atoms with Crippen molar-refractivity contribution in [3.63, 3.8) is 0 Å². The molecule has 2 aromatic rings. The maximum atomic E-state index is 4.81. The molecule has 0 saturated carbocycles. The number of hydrogen-bond donors (Lipinski definition) is 0. The zero-order chi connectivity index (χ0) is 14.3. The van der Waals surface area contributed by atoms with Gasteiger partial charge in [-0.1, -0.05) is 63.5 Å². The molecule has 0 aliphatic heterocycles. The second-order valence-corrected chi connectivity index (χ2v) is 18.8. The quantitative estimate of drug-likeness (QED) is 0.718. The van der Waals surface area contributed by atoms with Gasteiger partial charge in [0.25, 0.3) is 0 Å². The lowest BCUT2D eigenvalue weighted by atomic mass is 10.1. The lowest BCUT2D eigenvalue weighted by molar-refractivity contribution is 1.08. The third-order valence-corrected chi connectivity index (χ3v) is 12.9. The molecule has 0 saturated heterocycles. The number of nitrogens with zero attached hydrogens (tertiary/aromatic N) is 1. The monoisotopic (exact) mass is 287 g/mol. The summed E-state index contributed by atoms with van der Waals surface area (Å²) in [5, 5.41) is 3.29. The van der Waals surface area contributed by atoms with Crippen molar-refractivity contribution < 1.29 is 0 Å². The van der Waals surface area contributed by atoms with Gasteiger partial charge in [-0.05, 0) is 16.6 Å². The molecule has 0 radical (unpaired) electrons. The number of rotatable bonds is 3. The van der Waals surface area contributed by atoms with Gasteiger partial charge in [0, 0.05) is 17.3 Å². The summed E-state index contributed by atoms with van der Waals surface area (Å²) in [4.78, 5) is 4.81. The predicted molar refractivity (Wildman–Crippen MR) is 91.2 cm³/mol. The van der Waals surface area contributed by atoms with Gasteiger partial charge in [-0.2, -0.15) is 0 Å². The van der Waals surface area contributed by atoms with Crippen LogP contribution in [0.5, 0.6) is 0 Å². The van der Waals surface area contributed by atoms with Crippen molar-refractivity contribution >= 4 is 26.9 Å². The molecule has 1 aromatic carbocycles. The Hall–Kier alpha value is -0.936. The molecular formula is C16H25NSi2. The van der Waals surface area contributed by atoms with Gasteiger partial charge in [0.2, 0.25) is 0 Å². The fraction of sp³-hybridized carbons (Fsp3) is 0.438. The number of benzene rings is 1. The van der Waals surface area contributed by atoms with Crippen LogP contribution in [0.15, 0.2) is 36.5 Å². The van der Waals surface area contributed by atoms with E-state index in [1.165, 1.54) is 16.5 Å². The zero-order valence-electron chi connectivity index (χ0n) is 13.0. The van der Waals surface area contributed by atoms with Crippen LogP contribution in [0.1, 0.15) is 10.9 Å². The Morgan fingerprint density at radius 1 is 0.842 bits per heavy atom. The Bertz CT molecular complexity index is 565. The van der Waals surface area contributed by atoms with Crippen LogP contribution in [0.4, 0.5) is 0 Å². The SMILES string of the molecule is C[Si](C)(C)C(c1cc2ccccc2cn1)[Si](C)(C)C. The Kier molecular flexibility index (Phi) is 3.71. The van der Waals surface area contributed by atoms with E-state index in [0.717, 1.165) is 0 Å². The molecule has 19 heavy (non-hydrogen) atoms. The molecule has 1 aromatic heterocycles. The van der Waals surface area contributed by atoms with Crippen LogP contribution >= 0.6 is 0 Å². The summed E-state index contributed by atoms with van der Waals surface area (Å²) >= 11 is 0. The molecule has 0 aliphatic carbocycles. The van der Waals surface area contributed by atoms with Gasteiger partial charge in [-0.15, -0.1) is 0 Å². The van der Waals surface area contributed by atoms with Gasteiger partial charge < -0.3 is 0 Å². The second-order valence-electron chi connectivity index (χ2n) is 7.62. The van der Waals surface area contributed by atoms with E-state index >= 15 is 0 Å². The van der Waals surface area contributed by atoms with Crippen molar-refractivity contribution in [1.29, 1.82) is 0 Å². The molecule has 1 heterocycles. The highest BCUT2D eigenvalue weighted by Gasteiger charge is 2.39. The largest absolute Gasteiger partial charge is 0.261 e. The maximum absolute atomic E-state index is 4.81. The standard InChI is InChI=1S/C16H25NSi2/c1-18(2,3)16(19(4,5)6)15-11-13-9-7-8-10-14(13)12-17-15/h7-12,16H,1-6H3. The van der Waals surface area contributed by atoms with Gasteiger partial charge in [0.1, 0.15) is 0 Å². The van der Waals surface area contributed by atoms with Crippen molar-refractivity contribution in [1.82, 2.24) is 4.98 Å². The first-order valence-corrected chi connectivity index (χ1v) is 14.2. The molecule has 0 amide bonds. The topological polar surface area (TPSA) is 12.9 Å². The van der Waals surface area contributed by atoms with Crippen LogP contribution in [-0.4, -0.2) is 21.1 Å². The number of fused-ring (bicyclic) bond motifs is 1. The first-order chi connectivity index (χ1) is 8.69. The molecule has 0 N–H and O–H groups in total. The summed E-state index contributed by atoms with van der Waals surface area (Å²) in [5.74, 6) is 0. The highest BCUT2D eigenvalue weighted by Crippen LogP contribution is 2.35. The van der Waals surface area contributed by atoms with E-state index in [0.29, 0.717) is 5.16 Å². The minimum Gasteiger partial charge on any atom is -0.261 e. The van der Waals surface area contributed by atoms with Gasteiger partial charge in [0.05, 0.1) is 16.1 Å². The minimum atomic E-state index is -1.25. The molecule has 3 heteroatoms. The summed E-state index contributed by atoms with van der Waals surface area (Å²) in [6, 6.07) is 10.9. The molecule has 102 valence electrons. The second kappa shape index (κ2) is 4.87. The maximum Gasteiger partial charge on any atom is 0.0513 e. The number of hydrogen-bond acceptors (Lipinski definition) is 1. The van der Waals surface area contributed by atoms with E-state index in [1.54, 1.807) is 0 Å². The van der Waals surface area contributed by atoms with E-state index in [2.05, 4.69) is 75.8 Å². The molecule has 0 aliphatic rings. The third kappa shape index (κ3) is 3.15. The summed E-state index contributed by atoms with van der Waals surface area (Å²) in [6.07, 6.45) is 2.05. The van der Waals surface area contributed by atoms with E-state index < -0.39 is 16.1 Å². The lowest BCUT2D eigenvalue weighted by Gasteiger charge is -2.38. The van der Waals surface area contributed by atoms with E-state index in [9.17, 15) is 0 Å². The van der Waals surface area contributed by atoms with Crippen LogP contribution in [0, 0.1) is 0 Å². The molecule has 1 nitrogen and oxygen atoms in total. The summed E-state index contributed by atoms with van der Waals surface area (Å²) in [7, 11) is -2.50. The summed E-state index contributed by atoms with van der Waals surface area (Å²) in [6.45, 7) is 14.9. The van der Waals surface area contributed by atoms with E-state index in [4.69, 9.17) is 4.98 Å². The fourth-order valence-electron chi connectivity index (χ4n) is 3.44. The third-order valence-electron chi connectivity index (χ3n) is 3.68. The van der Waals surface area contributed by atoms with Crippen molar-refractivity contribution in [3.05, 3.63) is 42.2 Å². The van der Waals surface area contributed by atoms with Crippen molar-refractivity contribution in [2.75, 3.05) is 0 Å². The number of pyridine rings is 1. The van der Waals surface area contributed by atoms with Gasteiger partial charge in [-0.3, -0.25) is 4.98 Å². The molecule has 0 spiro atoms. The van der Waals surface area contributed by atoms with Crippen LogP contribution in [-0.2, 0) is 0 Å². The van der Waals surface area contributed by atoms with Crippen molar-refractivity contribution in [2.45, 2.75) is 44.4 Å². The lowest BCUT2D eigenvalue weighted by Crippen LogP contribution is -2.46. The highest BCUT2D eigenvalue weighted by molar-refractivity contribution is 6.96.